The van der Waals surface area contributed by atoms with Crippen molar-refractivity contribution in [3.8, 4) is 0 Å². The summed E-state index contributed by atoms with van der Waals surface area (Å²) >= 11 is 5.85. The summed E-state index contributed by atoms with van der Waals surface area (Å²) in [5, 5.41) is 11.3. The number of anilines is 1. The van der Waals surface area contributed by atoms with E-state index in [1.807, 2.05) is 16.8 Å². The highest BCUT2D eigenvalue weighted by Crippen LogP contribution is 2.43. The van der Waals surface area contributed by atoms with Gasteiger partial charge in [-0.1, -0.05) is 11.6 Å². The first-order valence-corrected chi connectivity index (χ1v) is 12.7. The molecule has 2 aliphatic rings. The predicted octanol–water partition coefficient (Wildman–Crippen LogP) is 4.75. The number of nitrogens with zero attached hydrogens (tertiary/aromatic N) is 5. The van der Waals surface area contributed by atoms with Gasteiger partial charge in [-0.3, -0.25) is 0 Å². The standard InChI is InChI=1S/C25H27ClF3N7O/c1-35(10-12-4-20(21(37)5-12)36-3-2-15-22(30)31-11-32-24(15)36)14-6-13(7-14)23-33-18-8-16(25(27,28)29)17(26)9-19(18)34-23/h2-3,8-9,11-14,20-21,37H,4-7,10H2,1H3,(H,33,34)(H2,30,31,32)/t12?,13?,14?,20?,21-/m1/s1. The molecule has 0 radical (unpaired) electrons. The van der Waals surface area contributed by atoms with Gasteiger partial charge in [-0.05, 0) is 56.8 Å². The molecular formula is C25H27ClF3N7O. The second-order valence-electron chi connectivity index (χ2n) is 10.4. The SMILES string of the molecule is CN(CC1CC(n2ccc3c(N)ncnc32)[C@H](O)C1)C1CC(c2nc3cc(Cl)c(C(F)(F)F)cc3[nH]2)C1. The fraction of sp³-hybridized carbons (Fsp3) is 0.480. The van der Waals surface area contributed by atoms with Gasteiger partial charge < -0.3 is 25.3 Å². The zero-order chi connectivity index (χ0) is 26.1. The molecule has 6 rings (SSSR count). The minimum absolute atomic E-state index is 0.0664. The maximum Gasteiger partial charge on any atom is 0.417 e. The summed E-state index contributed by atoms with van der Waals surface area (Å²) in [6.45, 7) is 0.853. The smallest absolute Gasteiger partial charge is 0.391 e. The van der Waals surface area contributed by atoms with Crippen molar-refractivity contribution in [2.45, 2.75) is 56.0 Å². The number of rotatable bonds is 5. The minimum atomic E-state index is -4.51. The van der Waals surface area contributed by atoms with Crippen LogP contribution in [0, 0.1) is 5.92 Å². The highest BCUT2D eigenvalue weighted by molar-refractivity contribution is 6.32. The predicted molar refractivity (Wildman–Crippen MR) is 134 cm³/mol. The third-order valence-corrected chi connectivity index (χ3v) is 8.37. The Morgan fingerprint density at radius 2 is 2.00 bits per heavy atom. The van der Waals surface area contributed by atoms with E-state index in [-0.39, 0.29) is 17.0 Å². The van der Waals surface area contributed by atoms with Crippen LogP contribution in [0.5, 0.6) is 0 Å². The lowest BCUT2D eigenvalue weighted by Crippen LogP contribution is -2.43. The number of aromatic amines is 1. The Hall–Kier alpha value is -2.89. The number of aromatic nitrogens is 5. The molecule has 3 heterocycles. The van der Waals surface area contributed by atoms with Gasteiger partial charge in [-0.25, -0.2) is 15.0 Å². The van der Waals surface area contributed by atoms with Crippen molar-refractivity contribution >= 4 is 39.5 Å². The number of alkyl halides is 3. The summed E-state index contributed by atoms with van der Waals surface area (Å²) < 4.78 is 41.6. The molecule has 0 amide bonds. The molecule has 12 heteroatoms. The molecule has 0 saturated heterocycles. The van der Waals surface area contributed by atoms with Crippen molar-refractivity contribution in [1.82, 2.24) is 29.4 Å². The number of imidazole rings is 1. The molecule has 2 fully saturated rings. The van der Waals surface area contributed by atoms with Crippen molar-refractivity contribution in [2.75, 3.05) is 19.3 Å². The molecule has 2 aliphatic carbocycles. The number of hydrogen-bond acceptors (Lipinski definition) is 6. The summed E-state index contributed by atoms with van der Waals surface area (Å²) in [5.74, 6) is 1.62. The number of aliphatic hydroxyl groups excluding tert-OH is 1. The number of H-pyrrole nitrogens is 1. The van der Waals surface area contributed by atoms with E-state index in [0.29, 0.717) is 41.1 Å². The third-order valence-electron chi connectivity index (χ3n) is 8.06. The van der Waals surface area contributed by atoms with Crippen LogP contribution in [-0.2, 0) is 6.18 Å². The van der Waals surface area contributed by atoms with Gasteiger partial charge >= 0.3 is 6.18 Å². The second-order valence-corrected chi connectivity index (χ2v) is 10.8. The molecule has 4 aromatic rings. The zero-order valence-electron chi connectivity index (χ0n) is 20.1. The van der Waals surface area contributed by atoms with E-state index in [4.69, 9.17) is 17.3 Å². The highest BCUT2D eigenvalue weighted by Gasteiger charge is 2.40. The number of nitrogen functional groups attached to an aromatic ring is 1. The van der Waals surface area contributed by atoms with Crippen molar-refractivity contribution < 1.29 is 18.3 Å². The number of fused-ring (bicyclic) bond motifs is 2. The average molecular weight is 534 g/mol. The largest absolute Gasteiger partial charge is 0.417 e. The van der Waals surface area contributed by atoms with Crippen LogP contribution in [0.15, 0.2) is 30.7 Å². The van der Waals surface area contributed by atoms with Crippen LogP contribution in [-0.4, -0.2) is 60.2 Å². The Bertz CT molecular complexity index is 1460. The lowest BCUT2D eigenvalue weighted by molar-refractivity contribution is -0.137. The first-order chi connectivity index (χ1) is 17.6. The van der Waals surface area contributed by atoms with E-state index in [9.17, 15) is 18.3 Å². The molecule has 2 unspecified atom stereocenters. The lowest BCUT2D eigenvalue weighted by atomic mass is 9.78. The van der Waals surface area contributed by atoms with Crippen LogP contribution in [0.4, 0.5) is 19.0 Å². The van der Waals surface area contributed by atoms with Crippen molar-refractivity contribution in [3.05, 3.63) is 47.1 Å². The zero-order valence-corrected chi connectivity index (χ0v) is 20.8. The van der Waals surface area contributed by atoms with E-state index in [1.54, 1.807) is 0 Å². The fourth-order valence-electron chi connectivity index (χ4n) is 5.99. The Kier molecular flexibility index (Phi) is 5.85. The van der Waals surface area contributed by atoms with Crippen LogP contribution in [0.3, 0.4) is 0 Å². The number of aliphatic hydroxyl groups is 1. The van der Waals surface area contributed by atoms with Gasteiger partial charge in [-0.15, -0.1) is 0 Å². The Morgan fingerprint density at radius 3 is 2.76 bits per heavy atom. The molecule has 0 spiro atoms. The highest BCUT2D eigenvalue weighted by atomic mass is 35.5. The van der Waals surface area contributed by atoms with Crippen LogP contribution < -0.4 is 5.73 Å². The van der Waals surface area contributed by atoms with Crippen molar-refractivity contribution in [2.24, 2.45) is 5.92 Å². The molecule has 0 aliphatic heterocycles. The quantitative estimate of drug-likeness (QED) is 0.341. The molecule has 3 atom stereocenters. The number of nitrogens with one attached hydrogen (secondary N) is 1. The monoisotopic (exact) mass is 533 g/mol. The Labute approximate surface area is 215 Å². The number of halogens is 4. The molecule has 2 saturated carbocycles. The van der Waals surface area contributed by atoms with Gasteiger partial charge in [0.2, 0.25) is 0 Å². The Morgan fingerprint density at radius 1 is 1.22 bits per heavy atom. The van der Waals surface area contributed by atoms with Gasteiger partial charge in [-0.2, -0.15) is 13.2 Å². The van der Waals surface area contributed by atoms with Crippen LogP contribution in [0.2, 0.25) is 5.02 Å². The van der Waals surface area contributed by atoms with Gasteiger partial charge in [0.25, 0.3) is 0 Å². The number of hydrogen-bond donors (Lipinski definition) is 3. The van der Waals surface area contributed by atoms with E-state index in [1.165, 1.54) is 12.4 Å². The maximum atomic E-state index is 13.2. The molecule has 4 N–H and O–H groups in total. The molecule has 3 aromatic heterocycles. The van der Waals surface area contributed by atoms with Gasteiger partial charge in [0, 0.05) is 24.7 Å². The van der Waals surface area contributed by atoms with Crippen molar-refractivity contribution in [3.63, 3.8) is 0 Å². The van der Waals surface area contributed by atoms with Crippen LogP contribution >= 0.6 is 11.6 Å². The first kappa shape index (κ1) is 24.4. The van der Waals surface area contributed by atoms with E-state index in [0.717, 1.165) is 42.9 Å². The minimum Gasteiger partial charge on any atom is -0.391 e. The molecule has 0 bridgehead atoms. The summed E-state index contributed by atoms with van der Waals surface area (Å²) in [6, 6.07) is 4.48. The van der Waals surface area contributed by atoms with Crippen LogP contribution in [0.1, 0.15) is 49.0 Å². The van der Waals surface area contributed by atoms with E-state index < -0.39 is 17.8 Å². The molecule has 196 valence electrons. The van der Waals surface area contributed by atoms with E-state index >= 15 is 0 Å². The van der Waals surface area contributed by atoms with Crippen LogP contribution in [0.25, 0.3) is 22.1 Å². The molecular weight excluding hydrogens is 507 g/mol. The first-order valence-electron chi connectivity index (χ1n) is 12.3. The van der Waals surface area contributed by atoms with E-state index in [2.05, 4.69) is 31.9 Å². The summed E-state index contributed by atoms with van der Waals surface area (Å²) in [4.78, 5) is 18.3. The maximum absolute atomic E-state index is 13.2. The second kappa shape index (κ2) is 8.85. The molecule has 37 heavy (non-hydrogen) atoms. The summed E-state index contributed by atoms with van der Waals surface area (Å²) in [5.41, 5.74) is 6.64. The summed E-state index contributed by atoms with van der Waals surface area (Å²) in [6.07, 6.45) is 1.66. The molecule has 8 nitrogen and oxygen atoms in total. The number of benzene rings is 1. The topological polar surface area (TPSA) is 109 Å². The third kappa shape index (κ3) is 4.32. The molecule has 1 aromatic carbocycles. The fourth-order valence-corrected chi connectivity index (χ4v) is 6.25. The van der Waals surface area contributed by atoms with Gasteiger partial charge in [0.15, 0.2) is 0 Å². The average Bonchev–Trinajstić information content (AvgIpc) is 3.48. The normalized spacial score (nSPS) is 26.4. The van der Waals surface area contributed by atoms with Gasteiger partial charge in [0.05, 0.1) is 39.2 Å². The Balaban J connectivity index is 1.08. The lowest BCUT2D eigenvalue weighted by Gasteiger charge is -2.41. The van der Waals surface area contributed by atoms with Crippen molar-refractivity contribution in [1.29, 1.82) is 0 Å². The number of nitrogens with two attached hydrogens (primary N) is 1. The summed E-state index contributed by atoms with van der Waals surface area (Å²) in [7, 11) is 2.09. The van der Waals surface area contributed by atoms with Gasteiger partial charge in [0.1, 0.15) is 23.6 Å².